The molecule has 258 valence electrons. The van der Waals surface area contributed by atoms with Crippen LogP contribution in [0.15, 0.2) is 72.9 Å². The molecule has 4 heterocycles. The van der Waals surface area contributed by atoms with E-state index in [1.54, 1.807) is 24.4 Å². The highest BCUT2D eigenvalue weighted by molar-refractivity contribution is 6.05. The average molecular weight is 686 g/mol. The minimum atomic E-state index is -5.08. The molecule has 6 rings (SSSR count). The molecule has 48 heavy (non-hydrogen) atoms. The molecular formula is C30H29F6N5O7. The van der Waals surface area contributed by atoms with Gasteiger partial charge in [0.1, 0.15) is 12.4 Å². The SMILES string of the molecule is Nc1ccccc1NC(=O)c1ccc(N2CC3CCC2CN3C(=O)OCc2ccccc2)nc1.O=C(O)C(F)(F)F.O=C(O)C(F)(F)F. The third-order valence-electron chi connectivity index (χ3n) is 6.97. The second-order valence-electron chi connectivity index (χ2n) is 10.3. The minimum Gasteiger partial charge on any atom is -0.475 e. The number of amides is 2. The number of halogens is 6. The van der Waals surface area contributed by atoms with E-state index in [-0.39, 0.29) is 30.7 Å². The zero-order valence-corrected chi connectivity index (χ0v) is 24.7. The lowest BCUT2D eigenvalue weighted by Gasteiger charge is -2.51. The number of aromatic nitrogens is 1. The number of ether oxygens (including phenoxy) is 1. The number of fused-ring (bicyclic) bond motifs is 3. The quantitative estimate of drug-likeness (QED) is 0.207. The van der Waals surface area contributed by atoms with E-state index in [1.807, 2.05) is 53.4 Å². The number of anilines is 3. The fourth-order valence-electron chi connectivity index (χ4n) is 4.63. The number of nitrogen functional groups attached to an aromatic ring is 1. The Morgan fingerprint density at radius 1 is 0.833 bits per heavy atom. The highest BCUT2D eigenvalue weighted by atomic mass is 19.4. The first kappa shape index (κ1) is 36.9. The van der Waals surface area contributed by atoms with Crippen molar-refractivity contribution in [3.05, 3.63) is 84.1 Å². The van der Waals surface area contributed by atoms with Crippen LogP contribution in [0.25, 0.3) is 0 Å². The Balaban J connectivity index is 0.000000376. The van der Waals surface area contributed by atoms with E-state index < -0.39 is 24.3 Å². The van der Waals surface area contributed by atoms with Gasteiger partial charge in [0.15, 0.2) is 0 Å². The van der Waals surface area contributed by atoms with Gasteiger partial charge in [-0.15, -0.1) is 0 Å². The summed E-state index contributed by atoms with van der Waals surface area (Å²) in [6.07, 6.45) is -6.92. The number of carbonyl (C=O) groups excluding carboxylic acids is 2. The van der Waals surface area contributed by atoms with E-state index in [0.717, 1.165) is 24.2 Å². The number of nitrogens with one attached hydrogen (secondary N) is 1. The summed E-state index contributed by atoms with van der Waals surface area (Å²) in [7, 11) is 0. The molecule has 2 unspecified atom stereocenters. The number of benzene rings is 2. The predicted molar refractivity (Wildman–Crippen MR) is 158 cm³/mol. The third kappa shape index (κ3) is 10.5. The summed E-state index contributed by atoms with van der Waals surface area (Å²) >= 11 is 0. The topological polar surface area (TPSA) is 175 Å². The molecular weight excluding hydrogens is 656 g/mol. The zero-order chi connectivity index (χ0) is 35.6. The van der Waals surface area contributed by atoms with E-state index >= 15 is 0 Å². The maximum Gasteiger partial charge on any atom is 0.490 e. The van der Waals surface area contributed by atoms with Crippen LogP contribution in [0.1, 0.15) is 28.8 Å². The monoisotopic (exact) mass is 685 g/mol. The van der Waals surface area contributed by atoms with Gasteiger partial charge in [0.05, 0.1) is 23.0 Å². The summed E-state index contributed by atoms with van der Waals surface area (Å²) in [6, 6.07) is 20.7. The van der Waals surface area contributed by atoms with Gasteiger partial charge >= 0.3 is 30.4 Å². The molecule has 3 fully saturated rings. The minimum absolute atomic E-state index is 0.0825. The van der Waals surface area contributed by atoms with Crippen LogP contribution in [0, 0.1) is 0 Å². The number of para-hydroxylation sites is 2. The predicted octanol–water partition coefficient (Wildman–Crippen LogP) is 5.17. The van der Waals surface area contributed by atoms with Gasteiger partial charge in [-0.3, -0.25) is 4.79 Å². The van der Waals surface area contributed by atoms with Crippen molar-refractivity contribution in [2.45, 2.75) is 43.9 Å². The Morgan fingerprint density at radius 3 is 1.90 bits per heavy atom. The number of aliphatic carboxylic acids is 2. The number of alkyl halides is 6. The van der Waals surface area contributed by atoms with Crippen molar-refractivity contribution >= 4 is 41.1 Å². The number of piperidine rings is 2. The van der Waals surface area contributed by atoms with Crippen LogP contribution in [0.2, 0.25) is 0 Å². The van der Waals surface area contributed by atoms with Gasteiger partial charge in [-0.05, 0) is 42.7 Å². The van der Waals surface area contributed by atoms with Crippen LogP contribution < -0.4 is 16.0 Å². The number of hydrogen-bond acceptors (Lipinski definition) is 8. The highest BCUT2D eigenvalue weighted by Gasteiger charge is 2.42. The number of nitrogens with zero attached hydrogens (tertiary/aromatic N) is 3. The lowest BCUT2D eigenvalue weighted by Crippen LogP contribution is -2.64. The molecule has 0 saturated carbocycles. The molecule has 3 saturated heterocycles. The molecule has 2 atom stereocenters. The molecule has 2 amide bonds. The van der Waals surface area contributed by atoms with Crippen molar-refractivity contribution < 1.29 is 60.5 Å². The third-order valence-corrected chi connectivity index (χ3v) is 6.97. The average Bonchev–Trinajstić information content (AvgIpc) is 3.05. The van der Waals surface area contributed by atoms with Crippen LogP contribution in [0.5, 0.6) is 0 Å². The van der Waals surface area contributed by atoms with Crippen LogP contribution in [0.4, 0.5) is 48.3 Å². The molecule has 1 aromatic heterocycles. The van der Waals surface area contributed by atoms with Gasteiger partial charge in [-0.25, -0.2) is 19.4 Å². The highest BCUT2D eigenvalue weighted by Crippen LogP contribution is 2.32. The zero-order valence-electron chi connectivity index (χ0n) is 24.7. The van der Waals surface area contributed by atoms with E-state index in [0.29, 0.717) is 30.0 Å². The maximum absolute atomic E-state index is 12.7. The van der Waals surface area contributed by atoms with Crippen LogP contribution in [0.3, 0.4) is 0 Å². The van der Waals surface area contributed by atoms with E-state index in [1.165, 1.54) is 0 Å². The molecule has 3 aliphatic rings. The number of piperazine rings is 1. The first-order valence-corrected chi connectivity index (χ1v) is 13.9. The Morgan fingerprint density at radius 2 is 1.40 bits per heavy atom. The van der Waals surface area contributed by atoms with Gasteiger partial charge in [-0.1, -0.05) is 42.5 Å². The second-order valence-corrected chi connectivity index (χ2v) is 10.3. The summed E-state index contributed by atoms with van der Waals surface area (Å²) in [5, 5.41) is 17.1. The molecule has 3 aliphatic heterocycles. The van der Waals surface area contributed by atoms with E-state index in [9.17, 15) is 35.9 Å². The molecule has 3 aromatic rings. The maximum atomic E-state index is 12.7. The standard InChI is InChI=1S/C26H27N5O3.2C2HF3O2/c27-22-8-4-5-9-23(22)29-25(32)19-10-13-24(28-14-19)30-15-21-12-11-20(30)16-31(21)26(33)34-17-18-6-2-1-3-7-18;2*3-2(4,5)1(6)7/h1-10,13-14,20-21H,11-12,15-17,27H2,(H,29,32);2*(H,6,7). The summed E-state index contributed by atoms with van der Waals surface area (Å²) in [5.74, 6) is -4.97. The van der Waals surface area contributed by atoms with E-state index in [2.05, 4.69) is 15.2 Å². The molecule has 0 spiro atoms. The summed E-state index contributed by atoms with van der Waals surface area (Å²) in [6.45, 7) is 1.58. The summed E-state index contributed by atoms with van der Waals surface area (Å²) < 4.78 is 69.0. The molecule has 2 aromatic carbocycles. The number of carboxylic acid groups (broad SMARTS) is 2. The van der Waals surface area contributed by atoms with Crippen LogP contribution in [-0.4, -0.2) is 81.6 Å². The first-order valence-electron chi connectivity index (χ1n) is 13.9. The molecule has 0 aliphatic carbocycles. The fourth-order valence-corrected chi connectivity index (χ4v) is 4.63. The lowest BCUT2D eigenvalue weighted by atomic mass is 9.91. The number of nitrogens with two attached hydrogens (primary N) is 1. The number of carboxylic acids is 2. The number of pyridine rings is 1. The number of hydrogen-bond donors (Lipinski definition) is 4. The van der Waals surface area contributed by atoms with Gasteiger partial charge in [0.2, 0.25) is 0 Å². The summed E-state index contributed by atoms with van der Waals surface area (Å²) in [4.78, 5) is 51.7. The number of carbonyl (C=O) groups is 4. The van der Waals surface area contributed by atoms with Crippen molar-refractivity contribution in [2.75, 3.05) is 29.0 Å². The molecule has 12 nitrogen and oxygen atoms in total. The normalized spacial score (nSPS) is 16.8. The van der Waals surface area contributed by atoms with Crippen molar-refractivity contribution in [1.29, 1.82) is 0 Å². The molecule has 2 bridgehead atoms. The molecule has 5 N–H and O–H groups in total. The van der Waals surface area contributed by atoms with Crippen molar-refractivity contribution in [3.63, 3.8) is 0 Å². The Labute approximate surface area is 268 Å². The van der Waals surface area contributed by atoms with Crippen LogP contribution in [-0.2, 0) is 20.9 Å². The number of rotatable bonds is 5. The second kappa shape index (κ2) is 15.8. The van der Waals surface area contributed by atoms with Crippen molar-refractivity contribution in [3.8, 4) is 0 Å². The lowest BCUT2D eigenvalue weighted by molar-refractivity contribution is -0.193. The van der Waals surface area contributed by atoms with Gasteiger partial charge in [0, 0.05) is 25.3 Å². The largest absolute Gasteiger partial charge is 0.490 e. The van der Waals surface area contributed by atoms with Gasteiger partial charge < -0.3 is 35.8 Å². The smallest absolute Gasteiger partial charge is 0.475 e. The summed E-state index contributed by atoms with van der Waals surface area (Å²) in [5.41, 5.74) is 8.43. The van der Waals surface area contributed by atoms with Crippen molar-refractivity contribution in [1.82, 2.24) is 9.88 Å². The Bertz CT molecular complexity index is 1550. The van der Waals surface area contributed by atoms with E-state index in [4.69, 9.17) is 30.3 Å². The van der Waals surface area contributed by atoms with Crippen molar-refractivity contribution in [2.24, 2.45) is 0 Å². The van der Waals surface area contributed by atoms with Crippen LogP contribution >= 0.6 is 0 Å². The van der Waals surface area contributed by atoms with Gasteiger partial charge in [-0.2, -0.15) is 26.3 Å². The molecule has 18 heteroatoms. The molecule has 0 radical (unpaired) electrons. The first-order chi connectivity index (χ1) is 22.5. The Hall–Kier alpha value is -5.55. The van der Waals surface area contributed by atoms with Gasteiger partial charge in [0.25, 0.3) is 5.91 Å². The fraction of sp³-hybridized carbons (Fsp3) is 0.300. The Kier molecular flexibility index (Phi) is 12.2.